The number of esters is 1. The van der Waals surface area contributed by atoms with Crippen molar-refractivity contribution in [1.29, 1.82) is 0 Å². The van der Waals surface area contributed by atoms with Gasteiger partial charge < -0.3 is 26.4 Å². The number of amides is 1. The van der Waals surface area contributed by atoms with E-state index in [0.29, 0.717) is 13.0 Å². The second-order valence-corrected chi connectivity index (χ2v) is 4.67. The zero-order valence-corrected chi connectivity index (χ0v) is 15.5. The van der Waals surface area contributed by atoms with Crippen LogP contribution in [0.3, 0.4) is 0 Å². The number of halogens is 6. The topological polar surface area (TPSA) is 105 Å². The third kappa shape index (κ3) is 24.4. The molecule has 0 heterocycles. The van der Waals surface area contributed by atoms with Gasteiger partial charge in [0, 0.05) is 6.54 Å². The summed E-state index contributed by atoms with van der Waals surface area (Å²) in [6.07, 6.45) is -8.05. The second-order valence-electron chi connectivity index (χ2n) is 4.67. The van der Waals surface area contributed by atoms with Crippen molar-refractivity contribution in [3.63, 3.8) is 0 Å². The number of hydrogen-bond donors (Lipinski definition) is 4. The molecule has 0 saturated heterocycles. The Kier molecular flexibility index (Phi) is 19.9. The molecule has 27 heavy (non-hydrogen) atoms. The molecule has 1 amide bonds. The standard InChI is InChI=1S/C6H11F3N2O.C4H5F3O2.C4H12N2/c1-10-3-2-4-11-5(12)6(7,8)9;1-2-9-3(8)4(5,6)7;1-6-4-2-3-5/h10H,2-4H2,1H3,(H,11,12);2H2,1H3;6H,2-5H2,1H3. The van der Waals surface area contributed by atoms with E-state index in [9.17, 15) is 35.9 Å². The summed E-state index contributed by atoms with van der Waals surface area (Å²) in [5.74, 6) is -4.01. The molecule has 0 atom stereocenters. The van der Waals surface area contributed by atoms with Crippen molar-refractivity contribution >= 4 is 11.9 Å². The highest BCUT2D eigenvalue weighted by Crippen LogP contribution is 2.16. The number of ether oxygens (including phenoxy) is 1. The molecule has 0 aliphatic rings. The van der Waals surface area contributed by atoms with E-state index in [2.05, 4.69) is 15.4 Å². The molecule has 7 nitrogen and oxygen atoms in total. The molecule has 0 aromatic rings. The molecule has 0 saturated carbocycles. The van der Waals surface area contributed by atoms with Gasteiger partial charge in [0.2, 0.25) is 0 Å². The lowest BCUT2D eigenvalue weighted by atomic mass is 10.4. The molecule has 0 aromatic carbocycles. The van der Waals surface area contributed by atoms with E-state index >= 15 is 0 Å². The number of hydrogen-bond acceptors (Lipinski definition) is 6. The van der Waals surface area contributed by atoms with E-state index in [-0.39, 0.29) is 13.2 Å². The highest BCUT2D eigenvalue weighted by atomic mass is 19.4. The van der Waals surface area contributed by atoms with Gasteiger partial charge in [-0.1, -0.05) is 0 Å². The fraction of sp³-hybridized carbons (Fsp3) is 0.857. The normalized spacial score (nSPS) is 10.7. The molecule has 0 aliphatic carbocycles. The summed E-state index contributed by atoms with van der Waals surface area (Å²) in [4.78, 5) is 19.9. The van der Waals surface area contributed by atoms with Gasteiger partial charge in [0.25, 0.3) is 0 Å². The molecule has 0 bridgehead atoms. The zero-order chi connectivity index (χ0) is 21.9. The summed E-state index contributed by atoms with van der Waals surface area (Å²) in [6.45, 7) is 3.51. The lowest BCUT2D eigenvalue weighted by Gasteiger charge is -2.06. The van der Waals surface area contributed by atoms with Crippen LogP contribution in [-0.4, -0.2) is 71.1 Å². The SMILES string of the molecule is CCOC(=O)C(F)(F)F.CNCCCN.CNCCCNC(=O)C(F)(F)F. The summed E-state index contributed by atoms with van der Waals surface area (Å²) >= 11 is 0. The summed E-state index contributed by atoms with van der Waals surface area (Å²) in [6, 6.07) is 0. The molecule has 0 unspecified atom stereocenters. The molecule has 0 spiro atoms. The second kappa shape index (κ2) is 17.8. The highest BCUT2D eigenvalue weighted by Gasteiger charge is 2.40. The fourth-order valence-corrected chi connectivity index (χ4v) is 1.06. The van der Waals surface area contributed by atoms with E-state index in [1.165, 1.54) is 6.92 Å². The summed E-state index contributed by atoms with van der Waals surface area (Å²) in [5, 5.41) is 7.49. The van der Waals surface area contributed by atoms with Crippen molar-refractivity contribution in [3.05, 3.63) is 0 Å². The quantitative estimate of drug-likeness (QED) is 0.268. The van der Waals surface area contributed by atoms with Crippen molar-refractivity contribution in [2.45, 2.75) is 32.1 Å². The Morgan fingerprint density at radius 2 is 1.37 bits per heavy atom. The summed E-state index contributed by atoms with van der Waals surface area (Å²) < 4.78 is 71.7. The van der Waals surface area contributed by atoms with Crippen LogP contribution >= 0.6 is 0 Å². The Bertz CT molecular complexity index is 375. The highest BCUT2D eigenvalue weighted by molar-refractivity contribution is 5.81. The largest absolute Gasteiger partial charge is 0.490 e. The molecule has 13 heteroatoms. The predicted octanol–water partition coefficient (Wildman–Crippen LogP) is 0.941. The Balaban J connectivity index is -0.000000340. The predicted molar refractivity (Wildman–Crippen MR) is 87.9 cm³/mol. The van der Waals surface area contributed by atoms with Crippen molar-refractivity contribution in [2.24, 2.45) is 5.73 Å². The van der Waals surface area contributed by atoms with Crippen molar-refractivity contribution in [2.75, 3.05) is 46.9 Å². The lowest BCUT2D eigenvalue weighted by Crippen LogP contribution is -2.37. The Labute approximate surface area is 154 Å². The fourth-order valence-electron chi connectivity index (χ4n) is 1.06. The first-order chi connectivity index (χ1) is 12.4. The third-order valence-corrected chi connectivity index (χ3v) is 2.28. The van der Waals surface area contributed by atoms with Crippen LogP contribution in [-0.2, 0) is 14.3 Å². The number of rotatable bonds is 8. The smallest absolute Gasteiger partial charge is 0.459 e. The number of nitrogens with one attached hydrogen (secondary N) is 3. The minimum atomic E-state index is -4.85. The molecule has 0 fully saturated rings. The van der Waals surface area contributed by atoms with Crippen molar-refractivity contribution in [3.8, 4) is 0 Å². The van der Waals surface area contributed by atoms with Gasteiger partial charge in [0.15, 0.2) is 0 Å². The average molecular weight is 414 g/mol. The van der Waals surface area contributed by atoms with Crippen LogP contribution in [0.5, 0.6) is 0 Å². The maximum absolute atomic E-state index is 11.5. The minimum absolute atomic E-state index is 0.0409. The van der Waals surface area contributed by atoms with E-state index in [4.69, 9.17) is 5.73 Å². The molecule has 0 aromatic heterocycles. The van der Waals surface area contributed by atoms with E-state index in [1.54, 1.807) is 12.4 Å². The monoisotopic (exact) mass is 414 g/mol. The van der Waals surface area contributed by atoms with E-state index in [1.807, 2.05) is 7.05 Å². The van der Waals surface area contributed by atoms with Crippen LogP contribution < -0.4 is 21.7 Å². The van der Waals surface area contributed by atoms with E-state index < -0.39 is 24.2 Å². The van der Waals surface area contributed by atoms with E-state index in [0.717, 1.165) is 19.5 Å². The molecule has 0 rings (SSSR count). The van der Waals surface area contributed by atoms with Crippen LogP contribution in [0.1, 0.15) is 19.8 Å². The van der Waals surface area contributed by atoms with Crippen LogP contribution in [0.2, 0.25) is 0 Å². The summed E-state index contributed by atoms with van der Waals surface area (Å²) in [5.41, 5.74) is 5.17. The van der Waals surface area contributed by atoms with Gasteiger partial charge >= 0.3 is 24.2 Å². The molecule has 164 valence electrons. The van der Waals surface area contributed by atoms with Gasteiger partial charge in [-0.3, -0.25) is 4.79 Å². The molecule has 5 N–H and O–H groups in total. The minimum Gasteiger partial charge on any atom is -0.459 e. The first-order valence-electron chi connectivity index (χ1n) is 7.96. The number of nitrogens with two attached hydrogens (primary N) is 1. The maximum atomic E-state index is 11.5. The van der Waals surface area contributed by atoms with Crippen LogP contribution in [0.4, 0.5) is 26.3 Å². The lowest BCUT2D eigenvalue weighted by molar-refractivity contribution is -0.199. The van der Waals surface area contributed by atoms with Crippen LogP contribution in [0, 0.1) is 0 Å². The molecule has 0 aliphatic heterocycles. The average Bonchev–Trinajstić information content (AvgIpc) is 2.56. The van der Waals surface area contributed by atoms with Crippen molar-refractivity contribution < 1.29 is 40.7 Å². The van der Waals surface area contributed by atoms with Gasteiger partial charge in [0.1, 0.15) is 0 Å². The van der Waals surface area contributed by atoms with Gasteiger partial charge in [-0.05, 0) is 53.5 Å². The number of carbonyl (C=O) groups is 2. The van der Waals surface area contributed by atoms with Gasteiger partial charge in [-0.2, -0.15) is 26.3 Å². The van der Waals surface area contributed by atoms with Crippen LogP contribution in [0.15, 0.2) is 0 Å². The number of alkyl halides is 6. The van der Waals surface area contributed by atoms with Gasteiger partial charge in [-0.15, -0.1) is 0 Å². The molecular weight excluding hydrogens is 386 g/mol. The van der Waals surface area contributed by atoms with Crippen molar-refractivity contribution in [1.82, 2.24) is 16.0 Å². The number of carbonyl (C=O) groups excluding carboxylic acids is 2. The first-order valence-corrected chi connectivity index (χ1v) is 7.96. The van der Waals surface area contributed by atoms with Crippen LogP contribution in [0.25, 0.3) is 0 Å². The molecule has 0 radical (unpaired) electrons. The Hall–Kier alpha value is -1.60. The third-order valence-electron chi connectivity index (χ3n) is 2.28. The van der Waals surface area contributed by atoms with Gasteiger partial charge in [0.05, 0.1) is 6.61 Å². The Morgan fingerprint density at radius 3 is 1.63 bits per heavy atom. The zero-order valence-electron chi connectivity index (χ0n) is 15.5. The molecular formula is C14H28F6N4O3. The van der Waals surface area contributed by atoms with Gasteiger partial charge in [-0.25, -0.2) is 4.79 Å². The maximum Gasteiger partial charge on any atom is 0.490 e. The summed E-state index contributed by atoms with van der Waals surface area (Å²) in [7, 11) is 3.61. The Morgan fingerprint density at radius 1 is 0.889 bits per heavy atom. The first kappa shape index (κ1) is 30.1.